The lowest BCUT2D eigenvalue weighted by atomic mass is 10.7. The normalized spacial score (nSPS) is 11.1. The molecular formula is C5H9N3. The molecule has 0 aliphatic carbocycles. The first-order chi connectivity index (χ1) is 3.91. The molecule has 0 saturated heterocycles. The predicted molar refractivity (Wildman–Crippen MR) is 36.2 cm³/mol. The molecule has 0 rings (SSSR count). The van der Waals surface area contributed by atoms with Gasteiger partial charge in [-0.25, -0.2) is 0 Å². The Balaban J connectivity index is 3.26. The van der Waals surface area contributed by atoms with Crippen molar-refractivity contribution in [1.29, 1.82) is 0 Å². The quantitative estimate of drug-likeness (QED) is 0.519. The molecule has 0 aliphatic heterocycles. The summed E-state index contributed by atoms with van der Waals surface area (Å²) in [7, 11) is 0. The van der Waals surface area contributed by atoms with Gasteiger partial charge in [-0.1, -0.05) is 0 Å². The van der Waals surface area contributed by atoms with Crippen molar-refractivity contribution in [2.24, 2.45) is 15.7 Å². The van der Waals surface area contributed by atoms with Gasteiger partial charge >= 0.3 is 0 Å². The van der Waals surface area contributed by atoms with E-state index in [2.05, 4.69) is 16.7 Å². The molecule has 0 aromatic heterocycles. The van der Waals surface area contributed by atoms with Gasteiger partial charge in [-0.15, -0.1) is 0 Å². The number of allylic oxidation sites excluding steroid dienone is 1. The van der Waals surface area contributed by atoms with Crippen LogP contribution in [-0.4, -0.2) is 19.6 Å². The van der Waals surface area contributed by atoms with Crippen molar-refractivity contribution >= 4 is 12.9 Å². The number of rotatable bonds is 3. The van der Waals surface area contributed by atoms with Crippen molar-refractivity contribution in [3.8, 4) is 0 Å². The van der Waals surface area contributed by atoms with Gasteiger partial charge in [0.1, 0.15) is 0 Å². The maximum Gasteiger partial charge on any atom is 0.0859 e. The molecule has 0 aliphatic rings. The Morgan fingerprint density at radius 2 is 2.38 bits per heavy atom. The SMILES string of the molecule is C=N/C=C\C=N/CN. The minimum atomic E-state index is 0.321. The van der Waals surface area contributed by atoms with Gasteiger partial charge < -0.3 is 5.73 Å². The number of aliphatic imine (C=N–C) groups is 2. The molecule has 0 spiro atoms. The zero-order chi connectivity index (χ0) is 6.24. The maximum atomic E-state index is 5.03. The molecule has 0 unspecified atom stereocenters. The molecule has 3 nitrogen and oxygen atoms in total. The van der Waals surface area contributed by atoms with Crippen LogP contribution in [0.2, 0.25) is 0 Å². The van der Waals surface area contributed by atoms with Gasteiger partial charge in [-0.3, -0.25) is 9.98 Å². The van der Waals surface area contributed by atoms with Gasteiger partial charge in [0.15, 0.2) is 0 Å². The van der Waals surface area contributed by atoms with Gasteiger partial charge in [0.2, 0.25) is 0 Å². The monoisotopic (exact) mass is 111 g/mol. The van der Waals surface area contributed by atoms with Crippen LogP contribution in [0, 0.1) is 0 Å². The van der Waals surface area contributed by atoms with E-state index in [-0.39, 0.29) is 0 Å². The Bertz CT molecular complexity index is 104. The lowest BCUT2D eigenvalue weighted by molar-refractivity contribution is 1.08. The van der Waals surface area contributed by atoms with Crippen molar-refractivity contribution < 1.29 is 0 Å². The summed E-state index contributed by atoms with van der Waals surface area (Å²) in [6.45, 7) is 3.55. The molecule has 0 aromatic rings. The number of nitrogens with two attached hydrogens (primary N) is 1. The van der Waals surface area contributed by atoms with Crippen LogP contribution in [0.15, 0.2) is 22.3 Å². The standard InChI is InChI=1S/C5H9N3/c1-7-3-2-4-8-5-6/h2-4H,1,5-6H2/b3-2-,8-4-. The summed E-state index contributed by atoms with van der Waals surface area (Å²) in [5.41, 5.74) is 5.03. The third kappa shape index (κ3) is 5.04. The summed E-state index contributed by atoms with van der Waals surface area (Å²) in [5, 5.41) is 0. The van der Waals surface area contributed by atoms with Gasteiger partial charge in [-0.05, 0) is 12.8 Å². The van der Waals surface area contributed by atoms with Crippen LogP contribution in [-0.2, 0) is 0 Å². The molecule has 0 saturated carbocycles. The Morgan fingerprint density at radius 3 is 2.88 bits per heavy atom. The van der Waals surface area contributed by atoms with Crippen LogP contribution in [0.4, 0.5) is 0 Å². The van der Waals surface area contributed by atoms with Crippen molar-refractivity contribution in [3.63, 3.8) is 0 Å². The number of hydrogen-bond donors (Lipinski definition) is 1. The molecule has 0 radical (unpaired) electrons. The molecule has 0 heterocycles. The van der Waals surface area contributed by atoms with Gasteiger partial charge in [-0.2, -0.15) is 0 Å². The third-order valence-corrected chi connectivity index (χ3v) is 0.488. The summed E-state index contributed by atoms with van der Waals surface area (Å²) in [5.74, 6) is 0. The summed E-state index contributed by atoms with van der Waals surface area (Å²) < 4.78 is 0. The first kappa shape index (κ1) is 7.04. The molecule has 3 heteroatoms. The Morgan fingerprint density at radius 1 is 1.62 bits per heavy atom. The van der Waals surface area contributed by atoms with E-state index in [1.807, 2.05) is 0 Å². The predicted octanol–water partition coefficient (Wildman–Crippen LogP) is 0.188. The van der Waals surface area contributed by atoms with Gasteiger partial charge in [0.25, 0.3) is 0 Å². The van der Waals surface area contributed by atoms with Crippen LogP contribution in [0.25, 0.3) is 0 Å². The highest BCUT2D eigenvalue weighted by atomic mass is 14.8. The lowest BCUT2D eigenvalue weighted by Gasteiger charge is -1.73. The second-order valence-corrected chi connectivity index (χ2v) is 1.04. The maximum absolute atomic E-state index is 5.03. The number of hydrogen-bond acceptors (Lipinski definition) is 3. The third-order valence-electron chi connectivity index (χ3n) is 0.488. The van der Waals surface area contributed by atoms with E-state index in [1.54, 1.807) is 18.5 Å². The van der Waals surface area contributed by atoms with Crippen molar-refractivity contribution in [2.75, 3.05) is 6.67 Å². The topological polar surface area (TPSA) is 50.7 Å². The fourth-order valence-corrected chi connectivity index (χ4v) is 0.221. The molecule has 0 bridgehead atoms. The molecule has 0 aromatic carbocycles. The molecule has 8 heavy (non-hydrogen) atoms. The molecule has 2 N–H and O–H groups in total. The fraction of sp³-hybridized carbons (Fsp3) is 0.200. The fourth-order valence-electron chi connectivity index (χ4n) is 0.221. The van der Waals surface area contributed by atoms with E-state index >= 15 is 0 Å². The molecule has 0 amide bonds. The highest BCUT2D eigenvalue weighted by Gasteiger charge is 1.58. The average Bonchev–Trinajstić information content (AvgIpc) is 1.81. The van der Waals surface area contributed by atoms with E-state index in [0.717, 1.165) is 0 Å². The molecule has 0 fully saturated rings. The minimum absolute atomic E-state index is 0.321. The Hall–Kier alpha value is -0.960. The van der Waals surface area contributed by atoms with Crippen LogP contribution < -0.4 is 5.73 Å². The van der Waals surface area contributed by atoms with Crippen LogP contribution in [0.1, 0.15) is 0 Å². The average molecular weight is 111 g/mol. The van der Waals surface area contributed by atoms with E-state index in [0.29, 0.717) is 6.67 Å². The van der Waals surface area contributed by atoms with E-state index in [1.165, 1.54) is 0 Å². The summed E-state index contributed by atoms with van der Waals surface area (Å²) in [4.78, 5) is 7.13. The van der Waals surface area contributed by atoms with E-state index in [4.69, 9.17) is 5.73 Å². The van der Waals surface area contributed by atoms with Gasteiger partial charge in [0, 0.05) is 12.4 Å². The molecule has 44 valence electrons. The van der Waals surface area contributed by atoms with Crippen molar-refractivity contribution in [2.45, 2.75) is 0 Å². The van der Waals surface area contributed by atoms with Crippen molar-refractivity contribution in [3.05, 3.63) is 12.3 Å². The Kier molecular flexibility index (Phi) is 5.32. The summed E-state index contributed by atoms with van der Waals surface area (Å²) in [6, 6.07) is 0. The van der Waals surface area contributed by atoms with Crippen LogP contribution in [0.3, 0.4) is 0 Å². The van der Waals surface area contributed by atoms with E-state index < -0.39 is 0 Å². The van der Waals surface area contributed by atoms with Gasteiger partial charge in [0.05, 0.1) is 6.67 Å². The highest BCUT2D eigenvalue weighted by molar-refractivity contribution is 5.70. The lowest BCUT2D eigenvalue weighted by Crippen LogP contribution is -1.92. The second kappa shape index (κ2) is 6.04. The summed E-state index contributed by atoms with van der Waals surface area (Å²) >= 11 is 0. The largest absolute Gasteiger partial charge is 0.312 e. The highest BCUT2D eigenvalue weighted by Crippen LogP contribution is 1.66. The first-order valence-electron chi connectivity index (χ1n) is 2.22. The zero-order valence-electron chi connectivity index (χ0n) is 4.62. The second-order valence-electron chi connectivity index (χ2n) is 1.04. The summed E-state index contributed by atoms with van der Waals surface area (Å²) in [6.07, 6.45) is 4.79. The van der Waals surface area contributed by atoms with Crippen LogP contribution >= 0.6 is 0 Å². The van der Waals surface area contributed by atoms with Crippen molar-refractivity contribution in [1.82, 2.24) is 0 Å². The first-order valence-corrected chi connectivity index (χ1v) is 2.22. The molecular weight excluding hydrogens is 102 g/mol. The molecule has 0 atom stereocenters. The zero-order valence-corrected chi connectivity index (χ0v) is 4.62. The van der Waals surface area contributed by atoms with E-state index in [9.17, 15) is 0 Å². The Labute approximate surface area is 48.6 Å². The smallest absolute Gasteiger partial charge is 0.0859 e. The number of nitrogens with zero attached hydrogens (tertiary/aromatic N) is 2. The minimum Gasteiger partial charge on any atom is -0.312 e. The van der Waals surface area contributed by atoms with Crippen LogP contribution in [0.5, 0.6) is 0 Å².